The first kappa shape index (κ1) is 43.5. The first-order valence-corrected chi connectivity index (χ1v) is 17.9. The van der Waals surface area contributed by atoms with Crippen molar-refractivity contribution in [1.29, 1.82) is 0 Å². The van der Waals surface area contributed by atoms with E-state index in [0.717, 1.165) is 70.6 Å². The highest BCUT2D eigenvalue weighted by atomic mass is 16.5. The van der Waals surface area contributed by atoms with Gasteiger partial charge in [-0.1, -0.05) is 119 Å². The van der Waals surface area contributed by atoms with Crippen LogP contribution in [0.4, 0.5) is 0 Å². The number of carbonyl (C=O) groups excluding carboxylic acids is 2. The van der Waals surface area contributed by atoms with E-state index in [4.69, 9.17) is 10.5 Å². The van der Waals surface area contributed by atoms with Crippen LogP contribution in [0.25, 0.3) is 0 Å². The highest BCUT2D eigenvalue weighted by Gasteiger charge is 2.18. The molecule has 2 unspecified atom stereocenters. The van der Waals surface area contributed by atoms with Gasteiger partial charge in [-0.05, 0) is 89.7 Å². The Morgan fingerprint density at radius 1 is 0.681 bits per heavy atom. The standard InChI is InChI=1S/C40H64N2O5/c1-3-5-7-9-11-12-13-14-15-16-17-18-20-22-28-34-39(44)47-36(30-25-21-19-10-8-6-4-2)31-26-23-24-27-33-38(43)42-37(40(45)46)32-29-35-41/h5,7,10-12,14-15,17-19,22,25,28,30,36-37H,3-4,6,8-9,13,16,20-21,23-24,26-27,29,31-35,41H2,1-2H3,(H,42,43)(H,45,46)/b7-5-,12-11-,15-14-,18-17-,19-10-,28-22-,30-25-. The topological polar surface area (TPSA) is 119 Å². The van der Waals surface area contributed by atoms with Crippen molar-refractivity contribution in [3.8, 4) is 0 Å². The molecule has 0 saturated carbocycles. The molecular formula is C40H64N2O5. The minimum Gasteiger partial charge on any atom is -0.480 e. The third-order valence-electron chi connectivity index (χ3n) is 7.21. The number of ether oxygens (including phenoxy) is 1. The Morgan fingerprint density at radius 2 is 1.26 bits per heavy atom. The van der Waals surface area contributed by atoms with Crippen molar-refractivity contribution in [3.05, 3.63) is 85.1 Å². The van der Waals surface area contributed by atoms with Crippen molar-refractivity contribution >= 4 is 17.8 Å². The average Bonchev–Trinajstić information content (AvgIpc) is 3.05. The molecule has 0 heterocycles. The molecule has 0 bridgehead atoms. The molecular weight excluding hydrogens is 588 g/mol. The zero-order chi connectivity index (χ0) is 34.6. The summed E-state index contributed by atoms with van der Waals surface area (Å²) in [4.78, 5) is 36.0. The number of nitrogens with two attached hydrogens (primary N) is 1. The fourth-order valence-electron chi connectivity index (χ4n) is 4.52. The molecule has 0 aliphatic rings. The number of carbonyl (C=O) groups is 3. The number of rotatable bonds is 30. The molecule has 0 rings (SSSR count). The van der Waals surface area contributed by atoms with Crippen LogP contribution < -0.4 is 11.1 Å². The van der Waals surface area contributed by atoms with Gasteiger partial charge in [0.15, 0.2) is 0 Å². The quantitative estimate of drug-likeness (QED) is 0.0404. The van der Waals surface area contributed by atoms with E-state index in [2.05, 4.69) is 86.0 Å². The Kier molecular flexibility index (Phi) is 31.4. The molecule has 0 aromatic heterocycles. The van der Waals surface area contributed by atoms with Crippen LogP contribution >= 0.6 is 0 Å². The number of allylic oxidation sites excluding steroid dienone is 12. The zero-order valence-electron chi connectivity index (χ0n) is 29.3. The summed E-state index contributed by atoms with van der Waals surface area (Å²) in [7, 11) is 0. The highest BCUT2D eigenvalue weighted by molar-refractivity contribution is 5.83. The number of hydrogen-bond acceptors (Lipinski definition) is 5. The van der Waals surface area contributed by atoms with Gasteiger partial charge in [0.05, 0.1) is 6.42 Å². The molecule has 47 heavy (non-hydrogen) atoms. The van der Waals surface area contributed by atoms with Crippen LogP contribution in [0, 0.1) is 0 Å². The molecule has 0 aromatic carbocycles. The molecule has 1 amide bonds. The molecule has 0 aliphatic carbocycles. The number of nitrogens with one attached hydrogen (secondary N) is 1. The maximum atomic E-state index is 12.6. The largest absolute Gasteiger partial charge is 0.480 e. The number of aliphatic carboxylic acids is 1. The van der Waals surface area contributed by atoms with Crippen LogP contribution in [0.5, 0.6) is 0 Å². The molecule has 7 nitrogen and oxygen atoms in total. The predicted molar refractivity (Wildman–Crippen MR) is 197 cm³/mol. The molecule has 264 valence electrons. The first-order chi connectivity index (χ1) is 22.9. The van der Waals surface area contributed by atoms with Crippen molar-refractivity contribution in [2.75, 3.05) is 6.54 Å². The second-order valence-corrected chi connectivity index (χ2v) is 11.6. The zero-order valence-corrected chi connectivity index (χ0v) is 29.3. The lowest BCUT2D eigenvalue weighted by molar-refractivity contribution is -0.146. The Balaban J connectivity index is 4.52. The van der Waals surface area contributed by atoms with Gasteiger partial charge in [-0.3, -0.25) is 9.59 Å². The van der Waals surface area contributed by atoms with Gasteiger partial charge in [0, 0.05) is 6.42 Å². The van der Waals surface area contributed by atoms with Gasteiger partial charge in [-0.2, -0.15) is 0 Å². The Bertz CT molecular complexity index is 1010. The van der Waals surface area contributed by atoms with Gasteiger partial charge >= 0.3 is 11.9 Å². The van der Waals surface area contributed by atoms with E-state index in [9.17, 15) is 19.5 Å². The number of unbranched alkanes of at least 4 members (excludes halogenated alkanes) is 5. The summed E-state index contributed by atoms with van der Waals surface area (Å²) in [6, 6.07) is -0.885. The number of esters is 1. The first-order valence-electron chi connectivity index (χ1n) is 17.9. The van der Waals surface area contributed by atoms with Gasteiger partial charge in [-0.25, -0.2) is 4.79 Å². The van der Waals surface area contributed by atoms with Gasteiger partial charge in [-0.15, -0.1) is 0 Å². The molecule has 0 saturated heterocycles. The average molecular weight is 653 g/mol. The van der Waals surface area contributed by atoms with Crippen LogP contribution in [0.15, 0.2) is 85.1 Å². The smallest absolute Gasteiger partial charge is 0.326 e. The Morgan fingerprint density at radius 3 is 1.85 bits per heavy atom. The van der Waals surface area contributed by atoms with Crippen molar-refractivity contribution in [3.63, 3.8) is 0 Å². The minimum atomic E-state index is -1.03. The summed E-state index contributed by atoms with van der Waals surface area (Å²) in [6.07, 6.45) is 43.7. The maximum absolute atomic E-state index is 12.6. The molecule has 7 heteroatoms. The van der Waals surface area contributed by atoms with E-state index in [1.54, 1.807) is 0 Å². The fraction of sp³-hybridized carbons (Fsp3) is 0.575. The summed E-state index contributed by atoms with van der Waals surface area (Å²) in [5.74, 6) is -1.51. The maximum Gasteiger partial charge on any atom is 0.326 e. The normalized spacial score (nSPS) is 13.8. The molecule has 2 atom stereocenters. The monoisotopic (exact) mass is 652 g/mol. The Labute approximate surface area is 285 Å². The van der Waals surface area contributed by atoms with Crippen LogP contribution in [-0.2, 0) is 19.1 Å². The van der Waals surface area contributed by atoms with E-state index >= 15 is 0 Å². The van der Waals surface area contributed by atoms with Crippen LogP contribution in [-0.4, -0.2) is 41.6 Å². The second-order valence-electron chi connectivity index (χ2n) is 11.6. The van der Waals surface area contributed by atoms with Crippen molar-refractivity contribution in [2.45, 2.75) is 142 Å². The van der Waals surface area contributed by atoms with Crippen LogP contribution in [0.2, 0.25) is 0 Å². The van der Waals surface area contributed by atoms with Crippen molar-refractivity contribution < 1.29 is 24.2 Å². The van der Waals surface area contributed by atoms with Gasteiger partial charge in [0.1, 0.15) is 12.1 Å². The summed E-state index contributed by atoms with van der Waals surface area (Å²) in [6.45, 7) is 4.71. The van der Waals surface area contributed by atoms with E-state index in [0.29, 0.717) is 32.2 Å². The molecule has 0 radical (unpaired) electrons. The minimum absolute atomic E-state index is 0.237. The number of hydrogen-bond donors (Lipinski definition) is 3. The molecule has 0 aliphatic heterocycles. The molecule has 0 aromatic rings. The van der Waals surface area contributed by atoms with E-state index in [1.165, 1.54) is 12.8 Å². The molecule has 4 N–H and O–H groups in total. The van der Waals surface area contributed by atoms with Gasteiger partial charge in [0.2, 0.25) is 5.91 Å². The molecule has 0 spiro atoms. The summed E-state index contributed by atoms with van der Waals surface area (Å²) in [5, 5.41) is 11.9. The van der Waals surface area contributed by atoms with E-state index in [1.807, 2.05) is 18.2 Å². The molecule has 0 fully saturated rings. The third kappa shape index (κ3) is 30.9. The highest BCUT2D eigenvalue weighted by Crippen LogP contribution is 2.13. The lowest BCUT2D eigenvalue weighted by Gasteiger charge is -2.15. The van der Waals surface area contributed by atoms with Crippen LogP contribution in [0.3, 0.4) is 0 Å². The van der Waals surface area contributed by atoms with Crippen LogP contribution in [0.1, 0.15) is 129 Å². The second kappa shape index (κ2) is 33.9. The Hall–Kier alpha value is -3.45. The van der Waals surface area contributed by atoms with E-state index < -0.39 is 12.0 Å². The van der Waals surface area contributed by atoms with E-state index in [-0.39, 0.29) is 24.4 Å². The fourth-order valence-corrected chi connectivity index (χ4v) is 4.52. The summed E-state index contributed by atoms with van der Waals surface area (Å²) >= 11 is 0. The predicted octanol–water partition coefficient (Wildman–Crippen LogP) is 9.38. The lowest BCUT2D eigenvalue weighted by atomic mass is 10.1. The van der Waals surface area contributed by atoms with Crippen molar-refractivity contribution in [2.24, 2.45) is 5.73 Å². The number of carboxylic acid groups (broad SMARTS) is 1. The number of carboxylic acids is 1. The van der Waals surface area contributed by atoms with Gasteiger partial charge in [0.25, 0.3) is 0 Å². The van der Waals surface area contributed by atoms with Gasteiger partial charge < -0.3 is 20.9 Å². The summed E-state index contributed by atoms with van der Waals surface area (Å²) < 4.78 is 5.79. The summed E-state index contributed by atoms with van der Waals surface area (Å²) in [5.41, 5.74) is 5.46. The number of amides is 1. The SMILES string of the molecule is CC/C=C\C/C=C\C/C=C\C/C=C\C/C=C\CC(=O)OC(/C=C\C/C=C\CCCC)CCCCCCC(=O)NC(CCCN)C(=O)O. The lowest BCUT2D eigenvalue weighted by Crippen LogP contribution is -2.40. The van der Waals surface area contributed by atoms with Crippen molar-refractivity contribution in [1.82, 2.24) is 5.32 Å². The third-order valence-corrected chi connectivity index (χ3v) is 7.21.